The number of hydrogen-bond donors (Lipinski definition) is 2. The first-order valence-electron chi connectivity index (χ1n) is 15.5. The summed E-state index contributed by atoms with van der Waals surface area (Å²) >= 11 is 0. The van der Waals surface area contributed by atoms with E-state index in [0.717, 1.165) is 32.1 Å². The van der Waals surface area contributed by atoms with Gasteiger partial charge in [0.1, 0.15) is 0 Å². The number of aliphatic hydroxyl groups is 2. The van der Waals surface area contributed by atoms with Crippen LogP contribution in [0.4, 0.5) is 0 Å². The predicted octanol–water partition coefficient (Wildman–Crippen LogP) is 6.82. The Morgan fingerprint density at radius 2 is 1.42 bits per heavy atom. The number of aliphatic hydroxyl groups excluding tert-OH is 2. The van der Waals surface area contributed by atoms with Crippen LogP contribution in [0.3, 0.4) is 0 Å². The normalized spacial score (nSPS) is 51.9. The molecule has 1 heterocycles. The van der Waals surface area contributed by atoms with Crippen molar-refractivity contribution in [3.63, 3.8) is 0 Å². The van der Waals surface area contributed by atoms with Crippen LogP contribution in [0.25, 0.3) is 0 Å². The molecule has 5 rings (SSSR count). The Balaban J connectivity index is 1.39. The van der Waals surface area contributed by atoms with E-state index in [1.165, 1.54) is 25.7 Å². The molecule has 36 heavy (non-hydrogen) atoms. The fourth-order valence-electron chi connectivity index (χ4n) is 11.0. The summed E-state index contributed by atoms with van der Waals surface area (Å²) in [6.45, 7) is 18.7. The van der Waals surface area contributed by atoms with Crippen LogP contribution in [0.1, 0.15) is 113 Å². The van der Waals surface area contributed by atoms with E-state index < -0.39 is 5.79 Å². The molecule has 1 aliphatic heterocycles. The van der Waals surface area contributed by atoms with Gasteiger partial charge in [0, 0.05) is 0 Å². The number of rotatable bonds is 5. The smallest absolute Gasteiger partial charge is 0.163 e. The van der Waals surface area contributed by atoms with Gasteiger partial charge in [0.2, 0.25) is 0 Å². The van der Waals surface area contributed by atoms with Gasteiger partial charge in [-0.15, -0.1) is 0 Å². The molecule has 208 valence electrons. The zero-order valence-corrected chi connectivity index (χ0v) is 24.5. The van der Waals surface area contributed by atoms with Gasteiger partial charge in [-0.3, -0.25) is 0 Å². The Morgan fingerprint density at radius 3 is 2.08 bits per heavy atom. The Morgan fingerprint density at radius 1 is 0.778 bits per heavy atom. The van der Waals surface area contributed by atoms with E-state index >= 15 is 0 Å². The lowest BCUT2D eigenvalue weighted by atomic mass is 9.43. The molecule has 0 amide bonds. The summed E-state index contributed by atoms with van der Waals surface area (Å²) in [5.74, 6) is 4.01. The molecule has 0 unspecified atom stereocenters. The van der Waals surface area contributed by atoms with Gasteiger partial charge in [-0.2, -0.15) is 0 Å². The molecule has 13 atom stereocenters. The zero-order valence-electron chi connectivity index (χ0n) is 24.5. The minimum Gasteiger partial charge on any atom is -0.393 e. The first kappa shape index (κ1) is 27.4. The van der Waals surface area contributed by atoms with Crippen molar-refractivity contribution in [1.29, 1.82) is 0 Å². The summed E-state index contributed by atoms with van der Waals surface area (Å²) in [6.07, 6.45) is 9.90. The third kappa shape index (κ3) is 4.23. The second-order valence-electron chi connectivity index (χ2n) is 15.2. The fraction of sp³-hybridized carbons (Fsp3) is 1.00. The lowest BCUT2D eigenvalue weighted by molar-refractivity contribution is -0.176. The molecule has 0 bridgehead atoms. The molecule has 0 spiro atoms. The van der Waals surface area contributed by atoms with E-state index in [0.29, 0.717) is 46.8 Å². The summed E-state index contributed by atoms with van der Waals surface area (Å²) in [4.78, 5) is 0. The minimum atomic E-state index is -0.509. The third-order valence-electron chi connectivity index (χ3n) is 12.8. The highest BCUT2D eigenvalue weighted by atomic mass is 16.8. The van der Waals surface area contributed by atoms with Crippen LogP contribution in [-0.4, -0.2) is 40.4 Å². The third-order valence-corrected chi connectivity index (χ3v) is 12.8. The van der Waals surface area contributed by atoms with Crippen LogP contribution >= 0.6 is 0 Å². The van der Waals surface area contributed by atoms with E-state index in [4.69, 9.17) is 9.47 Å². The molecule has 0 aromatic carbocycles. The first-order valence-corrected chi connectivity index (χ1v) is 15.5. The van der Waals surface area contributed by atoms with E-state index in [1.807, 2.05) is 0 Å². The molecule has 2 N–H and O–H groups in total. The Kier molecular flexibility index (Phi) is 7.22. The summed E-state index contributed by atoms with van der Waals surface area (Å²) in [5.41, 5.74) is 0.508. The van der Waals surface area contributed by atoms with Crippen LogP contribution in [0.15, 0.2) is 0 Å². The monoisotopic (exact) mass is 504 g/mol. The molecule has 5 aliphatic rings. The SMILES string of the molecule is CC[C@@H](C(C)C)[C@H]1OC(C)(C)O[C@@H]1[C@@H](C)[C@H]1CC[C@H]2[C@@H]3C[C@H](O)[C@@H]4C[C@H](O)CC[C@]4(C)[C@H]3CC[C@]12C. The standard InChI is InChI=1S/C32H56O4/c1-9-21(18(2)3)29-28(35-30(5,6)36-29)19(4)23-10-11-24-22-17-27(34)26-16-20(33)12-14-32(26,8)25(22)13-15-31(23,24)7/h18-29,33-34H,9-17H2,1-8H3/t19-,20+,21-,22-,23+,24-,25-,26-,27-,28+,29+,31+,32+/m0/s1. The predicted molar refractivity (Wildman–Crippen MR) is 144 cm³/mol. The molecule has 5 fully saturated rings. The largest absolute Gasteiger partial charge is 0.393 e. The maximum Gasteiger partial charge on any atom is 0.163 e. The summed E-state index contributed by atoms with van der Waals surface area (Å²) in [5, 5.41) is 21.7. The molecular formula is C32H56O4. The second kappa shape index (κ2) is 9.49. The van der Waals surface area contributed by atoms with E-state index in [-0.39, 0.29) is 35.7 Å². The highest BCUT2D eigenvalue weighted by molar-refractivity contribution is 5.12. The molecule has 4 aliphatic carbocycles. The van der Waals surface area contributed by atoms with Gasteiger partial charge < -0.3 is 19.7 Å². The lowest BCUT2D eigenvalue weighted by Gasteiger charge is -2.62. The van der Waals surface area contributed by atoms with Crippen LogP contribution in [0.2, 0.25) is 0 Å². The van der Waals surface area contributed by atoms with Crippen molar-refractivity contribution in [2.75, 3.05) is 0 Å². The molecule has 1 saturated heterocycles. The molecule has 4 heteroatoms. The maximum atomic E-state index is 11.4. The number of fused-ring (bicyclic) bond motifs is 5. The van der Waals surface area contributed by atoms with Gasteiger partial charge in [-0.25, -0.2) is 0 Å². The maximum absolute atomic E-state index is 11.4. The van der Waals surface area contributed by atoms with Gasteiger partial charge in [-0.05, 0) is 123 Å². The topological polar surface area (TPSA) is 58.9 Å². The van der Waals surface area contributed by atoms with Gasteiger partial charge in [0.15, 0.2) is 5.79 Å². The highest BCUT2D eigenvalue weighted by Crippen LogP contribution is 2.68. The number of ether oxygens (including phenoxy) is 2. The lowest BCUT2D eigenvalue weighted by Crippen LogP contribution is -2.58. The molecule has 0 aromatic rings. The quantitative estimate of drug-likeness (QED) is 0.431. The average Bonchev–Trinajstić information content (AvgIpc) is 3.31. The molecule has 0 aromatic heterocycles. The van der Waals surface area contributed by atoms with Gasteiger partial charge in [0.25, 0.3) is 0 Å². The Hall–Kier alpha value is -0.160. The minimum absolute atomic E-state index is 0.157. The van der Waals surface area contributed by atoms with Crippen LogP contribution in [-0.2, 0) is 9.47 Å². The fourth-order valence-corrected chi connectivity index (χ4v) is 11.0. The van der Waals surface area contributed by atoms with Crippen LogP contribution in [0.5, 0.6) is 0 Å². The number of hydrogen-bond acceptors (Lipinski definition) is 4. The van der Waals surface area contributed by atoms with Crippen molar-refractivity contribution >= 4 is 0 Å². The summed E-state index contributed by atoms with van der Waals surface area (Å²) < 4.78 is 13.4. The second-order valence-corrected chi connectivity index (χ2v) is 15.2. The van der Waals surface area contributed by atoms with Crippen LogP contribution < -0.4 is 0 Å². The molecule has 0 radical (unpaired) electrons. The zero-order chi connectivity index (χ0) is 26.2. The van der Waals surface area contributed by atoms with E-state index in [2.05, 4.69) is 55.4 Å². The summed E-state index contributed by atoms with van der Waals surface area (Å²) in [7, 11) is 0. The molecule has 4 nitrogen and oxygen atoms in total. The van der Waals surface area contributed by atoms with E-state index in [1.54, 1.807) is 0 Å². The Labute approximate surface area is 221 Å². The van der Waals surface area contributed by atoms with Gasteiger partial charge in [-0.1, -0.05) is 48.0 Å². The van der Waals surface area contributed by atoms with Crippen molar-refractivity contribution in [1.82, 2.24) is 0 Å². The molecular weight excluding hydrogens is 448 g/mol. The van der Waals surface area contributed by atoms with E-state index in [9.17, 15) is 10.2 Å². The van der Waals surface area contributed by atoms with Gasteiger partial charge in [0.05, 0.1) is 24.4 Å². The Bertz CT molecular complexity index is 795. The molecule has 4 saturated carbocycles. The van der Waals surface area contributed by atoms with Gasteiger partial charge >= 0.3 is 0 Å². The van der Waals surface area contributed by atoms with Crippen molar-refractivity contribution in [3.05, 3.63) is 0 Å². The summed E-state index contributed by atoms with van der Waals surface area (Å²) in [6, 6.07) is 0. The van der Waals surface area contributed by atoms with Crippen molar-refractivity contribution in [3.8, 4) is 0 Å². The highest BCUT2D eigenvalue weighted by Gasteiger charge is 2.63. The average molecular weight is 505 g/mol. The first-order chi connectivity index (χ1) is 16.8. The van der Waals surface area contributed by atoms with Crippen molar-refractivity contribution in [2.45, 2.75) is 143 Å². The van der Waals surface area contributed by atoms with Crippen molar-refractivity contribution in [2.24, 2.45) is 58.2 Å². The van der Waals surface area contributed by atoms with Crippen LogP contribution in [0, 0.1) is 58.2 Å². The van der Waals surface area contributed by atoms with Crippen molar-refractivity contribution < 1.29 is 19.7 Å².